The number of hydrogen-bond acceptors (Lipinski definition) is 7. The van der Waals surface area contributed by atoms with E-state index in [1.807, 2.05) is 17.2 Å². The van der Waals surface area contributed by atoms with Gasteiger partial charge in [-0.25, -0.2) is 15.0 Å². The molecule has 4 aromatic rings. The van der Waals surface area contributed by atoms with E-state index in [-0.39, 0.29) is 0 Å². The summed E-state index contributed by atoms with van der Waals surface area (Å²) in [7, 11) is 0. The van der Waals surface area contributed by atoms with Gasteiger partial charge in [0.25, 0.3) is 0 Å². The molecule has 188 valence electrons. The van der Waals surface area contributed by atoms with Crippen LogP contribution in [0.1, 0.15) is 41.2 Å². The van der Waals surface area contributed by atoms with Crippen molar-refractivity contribution >= 4 is 16.9 Å². The minimum absolute atomic E-state index is 0.307. The molecule has 2 aliphatic heterocycles. The number of benzene rings is 1. The lowest BCUT2D eigenvalue weighted by Gasteiger charge is -2.35. The lowest BCUT2D eigenvalue weighted by atomic mass is 10.1. The molecule has 9 nitrogen and oxygen atoms in total. The van der Waals surface area contributed by atoms with Crippen molar-refractivity contribution in [1.82, 2.24) is 34.7 Å². The molecule has 0 spiro atoms. The number of fused-ring (bicyclic) bond motifs is 2. The van der Waals surface area contributed by atoms with Gasteiger partial charge in [-0.2, -0.15) is 0 Å². The van der Waals surface area contributed by atoms with Crippen LogP contribution in [-0.4, -0.2) is 66.8 Å². The van der Waals surface area contributed by atoms with Gasteiger partial charge in [0.05, 0.1) is 35.6 Å². The molecule has 1 amide bonds. The summed E-state index contributed by atoms with van der Waals surface area (Å²) in [6.45, 7) is 5.47. The summed E-state index contributed by atoms with van der Waals surface area (Å²) >= 11 is 0. The standard InChI is InChI=1S/C28H29N7O2/c36-28(19-1-2-19)35-9-7-34(8-10-35)14-18-5-6-29-21(11-18)13-26-32-23-4-3-20(12-24(23)33-26)27-22-15-37-16-25(22)30-17-31-27/h3-6,11-12,17,19H,1-2,7-10,13-16H2,(H,32,33). The maximum Gasteiger partial charge on any atom is 0.225 e. The second-order valence-corrected chi connectivity index (χ2v) is 10.3. The number of hydrogen-bond donors (Lipinski definition) is 1. The Morgan fingerprint density at radius 2 is 1.92 bits per heavy atom. The van der Waals surface area contributed by atoms with Crippen molar-refractivity contribution in [2.45, 2.75) is 39.0 Å². The van der Waals surface area contributed by atoms with Gasteiger partial charge in [-0.3, -0.25) is 14.7 Å². The third-order valence-electron chi connectivity index (χ3n) is 7.57. The number of nitrogens with zero attached hydrogens (tertiary/aromatic N) is 6. The second-order valence-electron chi connectivity index (χ2n) is 10.3. The fourth-order valence-electron chi connectivity index (χ4n) is 5.38. The fraction of sp³-hybridized carbons (Fsp3) is 0.393. The molecule has 9 heteroatoms. The molecule has 0 radical (unpaired) electrons. The Hall–Kier alpha value is -3.69. The van der Waals surface area contributed by atoms with Gasteiger partial charge < -0.3 is 14.6 Å². The minimum atomic E-state index is 0.307. The number of rotatable bonds is 6. The molecule has 1 saturated carbocycles. The van der Waals surface area contributed by atoms with Gasteiger partial charge in [0.15, 0.2) is 0 Å². The summed E-state index contributed by atoms with van der Waals surface area (Å²) in [6, 6.07) is 10.5. The average molecular weight is 496 g/mol. The molecule has 5 heterocycles. The van der Waals surface area contributed by atoms with Gasteiger partial charge in [-0.1, -0.05) is 6.07 Å². The average Bonchev–Trinajstić information content (AvgIpc) is 3.52. The molecule has 1 aliphatic carbocycles. The van der Waals surface area contributed by atoms with Crippen LogP contribution >= 0.6 is 0 Å². The van der Waals surface area contributed by atoms with Crippen molar-refractivity contribution in [3.8, 4) is 11.3 Å². The van der Waals surface area contributed by atoms with Crippen molar-refractivity contribution in [2.24, 2.45) is 5.92 Å². The van der Waals surface area contributed by atoms with Crippen molar-refractivity contribution in [2.75, 3.05) is 26.2 Å². The summed E-state index contributed by atoms with van der Waals surface area (Å²) in [4.78, 5) is 38.5. The van der Waals surface area contributed by atoms with Gasteiger partial charge in [-0.15, -0.1) is 0 Å². The summed E-state index contributed by atoms with van der Waals surface area (Å²) in [6.07, 6.45) is 6.28. The maximum absolute atomic E-state index is 12.3. The Labute approximate surface area is 214 Å². The van der Waals surface area contributed by atoms with Crippen molar-refractivity contribution in [3.05, 3.63) is 71.2 Å². The number of amides is 1. The number of pyridine rings is 1. The van der Waals surface area contributed by atoms with E-state index in [2.05, 4.69) is 49.1 Å². The lowest BCUT2D eigenvalue weighted by molar-refractivity contribution is -0.134. The van der Waals surface area contributed by atoms with Gasteiger partial charge in [0.1, 0.15) is 12.2 Å². The topological polar surface area (TPSA) is 100 Å². The van der Waals surface area contributed by atoms with Crippen LogP contribution in [0.3, 0.4) is 0 Å². The molecule has 1 saturated heterocycles. The molecule has 0 bridgehead atoms. The highest BCUT2D eigenvalue weighted by molar-refractivity contribution is 5.82. The second kappa shape index (κ2) is 9.32. The molecule has 37 heavy (non-hydrogen) atoms. The molecule has 0 atom stereocenters. The van der Waals surface area contributed by atoms with E-state index in [1.54, 1.807) is 6.33 Å². The van der Waals surface area contributed by atoms with Crippen LogP contribution in [0.4, 0.5) is 0 Å². The van der Waals surface area contributed by atoms with Crippen LogP contribution in [0.25, 0.3) is 22.3 Å². The Morgan fingerprint density at radius 1 is 1.03 bits per heavy atom. The number of aromatic nitrogens is 5. The summed E-state index contributed by atoms with van der Waals surface area (Å²) < 4.78 is 5.57. The monoisotopic (exact) mass is 495 g/mol. The maximum atomic E-state index is 12.3. The number of ether oxygens (including phenoxy) is 1. The third kappa shape index (κ3) is 4.60. The van der Waals surface area contributed by atoms with E-state index in [1.165, 1.54) is 5.56 Å². The molecule has 3 aromatic heterocycles. The number of aromatic amines is 1. The number of piperazine rings is 1. The number of carbonyl (C=O) groups is 1. The van der Waals surface area contributed by atoms with E-state index < -0.39 is 0 Å². The molecule has 7 rings (SSSR count). The van der Waals surface area contributed by atoms with Crippen LogP contribution in [0.2, 0.25) is 0 Å². The zero-order valence-electron chi connectivity index (χ0n) is 20.7. The predicted molar refractivity (Wildman–Crippen MR) is 137 cm³/mol. The largest absolute Gasteiger partial charge is 0.370 e. The number of carbonyl (C=O) groups excluding carboxylic acids is 1. The Bertz CT molecular complexity index is 1470. The van der Waals surface area contributed by atoms with E-state index >= 15 is 0 Å². The van der Waals surface area contributed by atoms with Gasteiger partial charge in [0, 0.05) is 68.1 Å². The van der Waals surface area contributed by atoms with Gasteiger partial charge in [0.2, 0.25) is 5.91 Å². The Morgan fingerprint density at radius 3 is 2.78 bits per heavy atom. The van der Waals surface area contributed by atoms with Gasteiger partial charge >= 0.3 is 0 Å². The summed E-state index contributed by atoms with van der Waals surface area (Å²) in [5, 5.41) is 0. The van der Waals surface area contributed by atoms with E-state index in [0.717, 1.165) is 90.6 Å². The van der Waals surface area contributed by atoms with Crippen molar-refractivity contribution < 1.29 is 9.53 Å². The number of nitrogens with one attached hydrogen (secondary N) is 1. The zero-order valence-corrected chi connectivity index (χ0v) is 20.7. The lowest BCUT2D eigenvalue weighted by Crippen LogP contribution is -2.48. The van der Waals surface area contributed by atoms with Crippen molar-refractivity contribution in [1.29, 1.82) is 0 Å². The van der Waals surface area contributed by atoms with Crippen LogP contribution in [0, 0.1) is 5.92 Å². The first-order valence-electron chi connectivity index (χ1n) is 13.0. The first-order chi connectivity index (χ1) is 18.2. The highest BCUT2D eigenvalue weighted by Crippen LogP contribution is 2.32. The zero-order chi connectivity index (χ0) is 24.8. The van der Waals surface area contributed by atoms with Crippen LogP contribution in [0.15, 0.2) is 42.9 Å². The van der Waals surface area contributed by atoms with Crippen LogP contribution in [0.5, 0.6) is 0 Å². The predicted octanol–water partition coefficient (Wildman–Crippen LogP) is 3.09. The Balaban J connectivity index is 1.03. The normalized spacial score (nSPS) is 17.9. The van der Waals surface area contributed by atoms with Gasteiger partial charge in [-0.05, 0) is 42.7 Å². The van der Waals surface area contributed by atoms with E-state index in [0.29, 0.717) is 31.5 Å². The van der Waals surface area contributed by atoms with Crippen LogP contribution in [-0.2, 0) is 35.7 Å². The summed E-state index contributed by atoms with van der Waals surface area (Å²) in [5.41, 5.74) is 8.13. The molecule has 1 N–H and O–H groups in total. The number of H-pyrrole nitrogens is 1. The van der Waals surface area contributed by atoms with E-state index in [4.69, 9.17) is 9.72 Å². The molecular formula is C28H29N7O2. The fourth-order valence-corrected chi connectivity index (χ4v) is 5.38. The third-order valence-corrected chi connectivity index (χ3v) is 7.57. The smallest absolute Gasteiger partial charge is 0.225 e. The molecule has 0 unspecified atom stereocenters. The molecule has 1 aromatic carbocycles. The highest BCUT2D eigenvalue weighted by atomic mass is 16.5. The van der Waals surface area contributed by atoms with Crippen LogP contribution < -0.4 is 0 Å². The minimum Gasteiger partial charge on any atom is -0.370 e. The van der Waals surface area contributed by atoms with Crippen molar-refractivity contribution in [3.63, 3.8) is 0 Å². The first kappa shape index (κ1) is 22.5. The quantitative estimate of drug-likeness (QED) is 0.439. The molecule has 3 aliphatic rings. The summed E-state index contributed by atoms with van der Waals surface area (Å²) in [5.74, 6) is 1.56. The Kier molecular flexibility index (Phi) is 5.67. The SMILES string of the molecule is O=C(C1CC1)N1CCN(Cc2ccnc(Cc3nc4ccc(-c5ncnc6c5COC6)cc4[nH]3)c2)CC1. The molecule has 2 fully saturated rings. The number of imidazole rings is 1. The van der Waals surface area contributed by atoms with E-state index in [9.17, 15) is 4.79 Å². The first-order valence-corrected chi connectivity index (χ1v) is 13.0. The highest BCUT2D eigenvalue weighted by Gasteiger charge is 2.34. The molecular weight excluding hydrogens is 466 g/mol.